The lowest BCUT2D eigenvalue weighted by molar-refractivity contribution is 0.308. The number of aryl methyl sites for hydroxylation is 2. The van der Waals surface area contributed by atoms with E-state index in [1.54, 1.807) is 0 Å². The van der Waals surface area contributed by atoms with Crippen LogP contribution >= 0.6 is 0 Å². The van der Waals surface area contributed by atoms with E-state index in [-0.39, 0.29) is 11.7 Å². The van der Waals surface area contributed by atoms with Crippen LogP contribution in [-0.2, 0) is 19.6 Å². The number of fused-ring (bicyclic) bond motifs is 1. The summed E-state index contributed by atoms with van der Waals surface area (Å²) in [5.41, 5.74) is 5.69. The van der Waals surface area contributed by atoms with E-state index in [0.29, 0.717) is 5.92 Å². The molecule has 0 aromatic carbocycles. The minimum absolute atomic E-state index is 0.127. The van der Waals surface area contributed by atoms with Gasteiger partial charge in [0, 0.05) is 50.2 Å². The van der Waals surface area contributed by atoms with Crippen LogP contribution in [0.3, 0.4) is 0 Å². The van der Waals surface area contributed by atoms with Crippen LogP contribution in [0, 0.1) is 19.8 Å². The zero-order chi connectivity index (χ0) is 22.2. The first kappa shape index (κ1) is 21.4. The van der Waals surface area contributed by atoms with Crippen LogP contribution in [0.5, 0.6) is 0 Å². The van der Waals surface area contributed by atoms with Gasteiger partial charge in [-0.25, -0.2) is 9.78 Å². The lowest BCUT2D eigenvalue weighted by atomic mass is 9.89. The summed E-state index contributed by atoms with van der Waals surface area (Å²) in [6.07, 6.45) is 9.20. The van der Waals surface area contributed by atoms with Crippen LogP contribution in [0.2, 0.25) is 0 Å². The number of rotatable bonds is 6. The van der Waals surface area contributed by atoms with E-state index >= 15 is 0 Å². The minimum Gasteiger partial charge on any atom is -0.297 e. The van der Waals surface area contributed by atoms with Crippen molar-refractivity contribution in [3.8, 4) is 0 Å². The van der Waals surface area contributed by atoms with Gasteiger partial charge in [0.05, 0.1) is 17.3 Å². The number of hydrogen-bond acceptors (Lipinski definition) is 4. The van der Waals surface area contributed by atoms with E-state index in [2.05, 4.69) is 46.5 Å². The summed E-state index contributed by atoms with van der Waals surface area (Å²) in [5, 5.41) is 4.68. The largest absolute Gasteiger partial charge is 0.330 e. The van der Waals surface area contributed by atoms with Crippen LogP contribution in [0.15, 0.2) is 23.1 Å². The first-order chi connectivity index (χ1) is 15.6. The van der Waals surface area contributed by atoms with E-state index < -0.39 is 0 Å². The fraction of sp³-hybridized carbons (Fsp3) is 0.640. The van der Waals surface area contributed by atoms with Gasteiger partial charge < -0.3 is 0 Å². The van der Waals surface area contributed by atoms with Crippen molar-refractivity contribution in [3.63, 3.8) is 0 Å². The highest BCUT2D eigenvalue weighted by Crippen LogP contribution is 2.29. The topological polar surface area (TPSA) is 60.9 Å². The molecular formula is C25H36N6O. The van der Waals surface area contributed by atoms with Crippen molar-refractivity contribution in [2.45, 2.75) is 85.0 Å². The summed E-state index contributed by atoms with van der Waals surface area (Å²) in [7, 11) is 0. The molecule has 1 aliphatic heterocycles. The van der Waals surface area contributed by atoms with Gasteiger partial charge in [0.1, 0.15) is 0 Å². The predicted molar refractivity (Wildman–Crippen MR) is 127 cm³/mol. The van der Waals surface area contributed by atoms with Gasteiger partial charge in [-0.2, -0.15) is 5.10 Å². The summed E-state index contributed by atoms with van der Waals surface area (Å²) in [6, 6.07) is 4.21. The maximum Gasteiger partial charge on any atom is 0.330 e. The predicted octanol–water partition coefficient (Wildman–Crippen LogP) is 4.06. The molecule has 2 aliphatic rings. The quantitative estimate of drug-likeness (QED) is 0.585. The summed E-state index contributed by atoms with van der Waals surface area (Å²) in [5.74, 6) is 0.613. The van der Waals surface area contributed by atoms with Crippen molar-refractivity contribution < 1.29 is 0 Å². The third kappa shape index (κ3) is 3.81. The summed E-state index contributed by atoms with van der Waals surface area (Å²) >= 11 is 0. The normalized spacial score (nSPS) is 20.5. The number of nitrogens with zero attached hydrogens (tertiary/aromatic N) is 6. The lowest BCUT2D eigenvalue weighted by Crippen LogP contribution is -2.31. The van der Waals surface area contributed by atoms with Gasteiger partial charge in [0.15, 0.2) is 5.65 Å². The molecule has 4 heterocycles. The Kier molecular flexibility index (Phi) is 5.93. The molecular weight excluding hydrogens is 400 g/mol. The number of imidazole rings is 1. The lowest BCUT2D eigenvalue weighted by Gasteiger charge is -2.21. The monoisotopic (exact) mass is 436 g/mol. The molecule has 0 amide bonds. The smallest absolute Gasteiger partial charge is 0.297 e. The van der Waals surface area contributed by atoms with Gasteiger partial charge in [0.25, 0.3) is 0 Å². The van der Waals surface area contributed by atoms with E-state index in [1.807, 2.05) is 21.4 Å². The third-order valence-electron chi connectivity index (χ3n) is 7.71. The zero-order valence-corrected chi connectivity index (χ0v) is 19.8. The molecule has 0 bridgehead atoms. The second-order valence-electron chi connectivity index (χ2n) is 9.76. The van der Waals surface area contributed by atoms with Gasteiger partial charge in [-0.3, -0.25) is 18.7 Å². The van der Waals surface area contributed by atoms with Crippen molar-refractivity contribution in [2.24, 2.45) is 5.92 Å². The maximum absolute atomic E-state index is 13.6. The van der Waals surface area contributed by atoms with E-state index in [1.165, 1.54) is 43.4 Å². The molecule has 7 heteroatoms. The van der Waals surface area contributed by atoms with Crippen LogP contribution in [0.25, 0.3) is 11.2 Å². The maximum atomic E-state index is 13.6. The fourth-order valence-electron chi connectivity index (χ4n) is 5.90. The Balaban J connectivity index is 1.40. The second-order valence-corrected chi connectivity index (χ2v) is 9.76. The molecule has 0 N–H and O–H groups in total. The average molecular weight is 437 g/mol. The van der Waals surface area contributed by atoms with E-state index in [9.17, 15) is 4.79 Å². The number of hydrogen-bond donors (Lipinski definition) is 0. The standard InChI is InChI=1S/C25H36N6O/c1-4-30-19(3)22(18(2)27-30)17-28-14-12-21(16-28)31-24-23(11-8-13-26-24)29(25(31)32)15-20-9-6-5-7-10-20/h8,11,13,20-21H,4-7,9-10,12,14-17H2,1-3H3/t21-/m1/s1. The van der Waals surface area contributed by atoms with Crippen LogP contribution in [0.4, 0.5) is 0 Å². The Morgan fingerprint density at radius 2 is 1.94 bits per heavy atom. The molecule has 172 valence electrons. The zero-order valence-electron chi connectivity index (χ0n) is 19.8. The highest BCUT2D eigenvalue weighted by Gasteiger charge is 2.30. The average Bonchev–Trinajstić information content (AvgIpc) is 3.46. The van der Waals surface area contributed by atoms with Crippen molar-refractivity contribution >= 4 is 11.2 Å². The Hall–Kier alpha value is -2.41. The molecule has 3 aromatic rings. The van der Waals surface area contributed by atoms with E-state index in [4.69, 9.17) is 0 Å². The first-order valence-corrected chi connectivity index (χ1v) is 12.4. The Bertz CT molecular complexity index is 1150. The van der Waals surface area contributed by atoms with E-state index in [0.717, 1.165) is 56.0 Å². The summed E-state index contributed by atoms with van der Waals surface area (Å²) in [6.45, 7) is 10.9. The molecule has 2 fully saturated rings. The Morgan fingerprint density at radius 3 is 2.69 bits per heavy atom. The molecule has 1 saturated heterocycles. The minimum atomic E-state index is 0.127. The highest BCUT2D eigenvalue weighted by molar-refractivity contribution is 5.71. The molecule has 1 saturated carbocycles. The van der Waals surface area contributed by atoms with Gasteiger partial charge >= 0.3 is 5.69 Å². The Morgan fingerprint density at radius 1 is 1.12 bits per heavy atom. The van der Waals surface area contributed by atoms with Crippen LogP contribution < -0.4 is 5.69 Å². The molecule has 1 atom stereocenters. The summed E-state index contributed by atoms with van der Waals surface area (Å²) in [4.78, 5) is 20.8. The SMILES string of the molecule is CCn1nc(C)c(CN2CC[C@@H](n3c(=O)n(CC4CCCCC4)c4cccnc43)C2)c1C. The van der Waals surface area contributed by atoms with Crippen molar-refractivity contribution in [2.75, 3.05) is 13.1 Å². The summed E-state index contributed by atoms with van der Waals surface area (Å²) < 4.78 is 6.10. The Labute approximate surface area is 190 Å². The molecule has 5 rings (SSSR count). The fourth-order valence-corrected chi connectivity index (χ4v) is 5.90. The van der Waals surface area contributed by atoms with Crippen molar-refractivity contribution in [3.05, 3.63) is 45.8 Å². The van der Waals surface area contributed by atoms with Gasteiger partial charge in [-0.15, -0.1) is 0 Å². The number of aromatic nitrogens is 5. The number of likely N-dealkylation sites (tertiary alicyclic amines) is 1. The molecule has 3 aromatic heterocycles. The van der Waals surface area contributed by atoms with Crippen LogP contribution in [-0.4, -0.2) is 41.9 Å². The van der Waals surface area contributed by atoms with Crippen molar-refractivity contribution in [1.29, 1.82) is 0 Å². The van der Waals surface area contributed by atoms with Gasteiger partial charge in [-0.1, -0.05) is 19.3 Å². The molecule has 1 aliphatic carbocycles. The first-order valence-electron chi connectivity index (χ1n) is 12.4. The molecule has 7 nitrogen and oxygen atoms in total. The van der Waals surface area contributed by atoms with Gasteiger partial charge in [0.2, 0.25) is 0 Å². The number of pyridine rings is 1. The van der Waals surface area contributed by atoms with Gasteiger partial charge in [-0.05, 0) is 58.1 Å². The molecule has 0 spiro atoms. The molecule has 0 radical (unpaired) electrons. The second kappa shape index (κ2) is 8.85. The molecule has 0 unspecified atom stereocenters. The van der Waals surface area contributed by atoms with Crippen LogP contribution in [0.1, 0.15) is 68.4 Å². The van der Waals surface area contributed by atoms with Crippen molar-refractivity contribution in [1.82, 2.24) is 28.8 Å². The third-order valence-corrected chi connectivity index (χ3v) is 7.71. The highest BCUT2D eigenvalue weighted by atomic mass is 16.1. The molecule has 32 heavy (non-hydrogen) atoms.